The van der Waals surface area contributed by atoms with Gasteiger partial charge in [-0.05, 0) is 31.0 Å². The summed E-state index contributed by atoms with van der Waals surface area (Å²) >= 11 is 5.54. The summed E-state index contributed by atoms with van der Waals surface area (Å²) in [7, 11) is 0. The minimum Gasteiger partial charge on any atom is -0.360 e. The molecule has 0 unspecified atom stereocenters. The SMILES string of the molecule is C=CCN1C(=O)[C@@H]([C@@H](C)CC)NC12CCN(C(=S)NC1CC1)CC2. The molecule has 0 aromatic carbocycles. The van der Waals surface area contributed by atoms with E-state index in [1.54, 1.807) is 0 Å². The molecule has 2 N–H and O–H groups in total. The number of piperidine rings is 1. The van der Waals surface area contributed by atoms with Crippen molar-refractivity contribution in [3.05, 3.63) is 12.7 Å². The van der Waals surface area contributed by atoms with E-state index in [-0.39, 0.29) is 17.6 Å². The summed E-state index contributed by atoms with van der Waals surface area (Å²) in [5.41, 5.74) is -0.231. The number of amides is 1. The number of likely N-dealkylation sites (tertiary alicyclic amines) is 1. The largest absolute Gasteiger partial charge is 0.360 e. The minimum absolute atomic E-state index is 0.0713. The molecule has 3 rings (SSSR count). The predicted octanol–water partition coefficient (Wildman–Crippen LogP) is 1.85. The van der Waals surface area contributed by atoms with Crippen molar-refractivity contribution in [2.75, 3.05) is 19.6 Å². The van der Waals surface area contributed by atoms with Crippen LogP contribution in [0.4, 0.5) is 0 Å². The first-order valence-electron chi connectivity index (χ1n) is 9.26. The highest BCUT2D eigenvalue weighted by Crippen LogP contribution is 2.35. The van der Waals surface area contributed by atoms with Crippen molar-refractivity contribution in [2.45, 2.75) is 63.7 Å². The lowest BCUT2D eigenvalue weighted by Crippen LogP contribution is -2.60. The van der Waals surface area contributed by atoms with Gasteiger partial charge in [0.25, 0.3) is 0 Å². The molecule has 6 heteroatoms. The Labute approximate surface area is 150 Å². The van der Waals surface area contributed by atoms with Crippen LogP contribution in [0.3, 0.4) is 0 Å². The average Bonchev–Trinajstić information content (AvgIpc) is 3.36. The van der Waals surface area contributed by atoms with E-state index in [0.717, 1.165) is 37.5 Å². The molecular weight excluding hydrogens is 320 g/mol. The normalized spacial score (nSPS) is 27.4. The molecule has 1 spiro atoms. The van der Waals surface area contributed by atoms with E-state index in [4.69, 9.17) is 12.2 Å². The second-order valence-corrected chi connectivity index (χ2v) is 7.87. The summed E-state index contributed by atoms with van der Waals surface area (Å²) < 4.78 is 0. The highest BCUT2D eigenvalue weighted by atomic mass is 32.1. The van der Waals surface area contributed by atoms with Crippen LogP contribution in [-0.4, -0.2) is 58.2 Å². The number of nitrogens with one attached hydrogen (secondary N) is 2. The van der Waals surface area contributed by atoms with Gasteiger partial charge in [-0.2, -0.15) is 0 Å². The standard InChI is InChI=1S/C18H30N4OS/c1-4-10-22-16(23)15(13(3)5-2)20-18(22)8-11-21(12-9-18)17(24)19-14-6-7-14/h4,13-15,20H,1,5-12H2,2-3H3,(H,19,24)/t13-,15+/m0/s1. The van der Waals surface area contributed by atoms with Crippen LogP contribution in [0, 0.1) is 5.92 Å². The molecule has 0 aromatic rings. The lowest BCUT2D eigenvalue weighted by Gasteiger charge is -2.45. The van der Waals surface area contributed by atoms with Crippen molar-refractivity contribution in [1.82, 2.24) is 20.4 Å². The summed E-state index contributed by atoms with van der Waals surface area (Å²) in [5.74, 6) is 0.580. The van der Waals surface area contributed by atoms with Crippen LogP contribution < -0.4 is 10.6 Å². The van der Waals surface area contributed by atoms with Crippen LogP contribution in [-0.2, 0) is 4.79 Å². The Hall–Kier alpha value is -1.14. The number of rotatable bonds is 5. The third kappa shape index (κ3) is 3.31. The third-order valence-corrected chi connectivity index (χ3v) is 6.16. The Morgan fingerprint density at radius 3 is 2.71 bits per heavy atom. The number of thiocarbonyl (C=S) groups is 1. The van der Waals surface area contributed by atoms with E-state index in [0.29, 0.717) is 18.5 Å². The molecule has 5 nitrogen and oxygen atoms in total. The number of carbonyl (C=O) groups is 1. The van der Waals surface area contributed by atoms with Crippen LogP contribution in [0.5, 0.6) is 0 Å². The smallest absolute Gasteiger partial charge is 0.241 e. The number of carbonyl (C=O) groups excluding carboxylic acids is 1. The van der Waals surface area contributed by atoms with Crippen molar-refractivity contribution >= 4 is 23.2 Å². The Bertz CT molecular complexity index is 511. The quantitative estimate of drug-likeness (QED) is 0.585. The maximum absolute atomic E-state index is 12.9. The molecular formula is C18H30N4OS. The second kappa shape index (κ2) is 7.00. The first-order chi connectivity index (χ1) is 11.5. The fourth-order valence-corrected chi connectivity index (χ4v) is 4.16. The van der Waals surface area contributed by atoms with Crippen molar-refractivity contribution < 1.29 is 4.79 Å². The Kier molecular flexibility index (Phi) is 5.16. The summed E-state index contributed by atoms with van der Waals surface area (Å²) in [6.07, 6.45) is 7.13. The number of nitrogens with zero attached hydrogens (tertiary/aromatic N) is 2. The zero-order chi connectivity index (χ0) is 17.3. The van der Waals surface area contributed by atoms with Gasteiger partial charge in [-0.15, -0.1) is 6.58 Å². The first-order valence-corrected chi connectivity index (χ1v) is 9.67. The molecule has 2 atom stereocenters. The van der Waals surface area contributed by atoms with Gasteiger partial charge in [-0.3, -0.25) is 10.1 Å². The molecule has 2 heterocycles. The van der Waals surface area contributed by atoms with E-state index in [9.17, 15) is 4.79 Å². The van der Waals surface area contributed by atoms with E-state index >= 15 is 0 Å². The molecule has 0 aromatic heterocycles. The minimum atomic E-state index is -0.231. The van der Waals surface area contributed by atoms with E-state index in [1.807, 2.05) is 11.0 Å². The summed E-state index contributed by atoms with van der Waals surface area (Å²) in [4.78, 5) is 17.2. The molecule has 24 heavy (non-hydrogen) atoms. The van der Waals surface area contributed by atoms with Crippen LogP contribution in [0.25, 0.3) is 0 Å². The molecule has 134 valence electrons. The van der Waals surface area contributed by atoms with Gasteiger partial charge in [-0.25, -0.2) is 0 Å². The zero-order valence-corrected chi connectivity index (χ0v) is 15.7. The molecule has 1 aliphatic carbocycles. The Morgan fingerprint density at radius 2 is 2.17 bits per heavy atom. The van der Waals surface area contributed by atoms with Crippen LogP contribution >= 0.6 is 12.2 Å². The van der Waals surface area contributed by atoms with Crippen LogP contribution in [0.2, 0.25) is 0 Å². The zero-order valence-electron chi connectivity index (χ0n) is 14.9. The van der Waals surface area contributed by atoms with Gasteiger partial charge in [0.15, 0.2) is 5.11 Å². The highest BCUT2D eigenvalue weighted by Gasteiger charge is 2.52. The van der Waals surface area contributed by atoms with Crippen LogP contribution in [0.15, 0.2) is 12.7 Å². The fraction of sp³-hybridized carbons (Fsp3) is 0.778. The van der Waals surface area contributed by atoms with Gasteiger partial charge in [0, 0.05) is 38.5 Å². The summed E-state index contributed by atoms with van der Waals surface area (Å²) in [6.45, 7) is 10.5. The molecule has 0 bridgehead atoms. The van der Waals surface area contributed by atoms with Crippen molar-refractivity contribution in [1.29, 1.82) is 0 Å². The van der Waals surface area contributed by atoms with Gasteiger partial charge in [0.2, 0.25) is 5.91 Å². The molecule has 2 saturated heterocycles. The van der Waals surface area contributed by atoms with Gasteiger partial charge in [0.1, 0.15) is 0 Å². The average molecular weight is 351 g/mol. The van der Waals surface area contributed by atoms with E-state index < -0.39 is 0 Å². The first kappa shape index (κ1) is 17.7. The van der Waals surface area contributed by atoms with Crippen LogP contribution in [0.1, 0.15) is 46.0 Å². The predicted molar refractivity (Wildman–Crippen MR) is 101 cm³/mol. The van der Waals surface area contributed by atoms with Crippen molar-refractivity contribution in [3.8, 4) is 0 Å². The number of hydrogen-bond acceptors (Lipinski definition) is 3. The van der Waals surface area contributed by atoms with Gasteiger partial charge < -0.3 is 15.1 Å². The van der Waals surface area contributed by atoms with Crippen molar-refractivity contribution in [3.63, 3.8) is 0 Å². The van der Waals surface area contributed by atoms with Gasteiger partial charge in [-0.1, -0.05) is 26.3 Å². The second-order valence-electron chi connectivity index (χ2n) is 7.49. The van der Waals surface area contributed by atoms with E-state index in [2.05, 4.69) is 36.0 Å². The monoisotopic (exact) mass is 350 g/mol. The molecule has 1 saturated carbocycles. The highest BCUT2D eigenvalue weighted by molar-refractivity contribution is 7.80. The Balaban J connectivity index is 1.68. The van der Waals surface area contributed by atoms with Crippen molar-refractivity contribution in [2.24, 2.45) is 5.92 Å². The topological polar surface area (TPSA) is 47.6 Å². The van der Waals surface area contributed by atoms with Gasteiger partial charge >= 0.3 is 0 Å². The maximum atomic E-state index is 12.9. The molecule has 2 aliphatic heterocycles. The third-order valence-electron chi connectivity index (χ3n) is 5.78. The lowest BCUT2D eigenvalue weighted by atomic mass is 9.95. The van der Waals surface area contributed by atoms with E-state index in [1.165, 1.54) is 12.8 Å². The lowest BCUT2D eigenvalue weighted by molar-refractivity contribution is -0.133. The molecule has 3 aliphatic rings. The summed E-state index contributed by atoms with van der Waals surface area (Å²) in [6, 6.07) is 0.518. The number of hydrogen-bond donors (Lipinski definition) is 2. The molecule has 0 radical (unpaired) electrons. The Morgan fingerprint density at radius 1 is 1.50 bits per heavy atom. The summed E-state index contributed by atoms with van der Waals surface area (Å²) in [5, 5.41) is 8.00. The fourth-order valence-electron chi connectivity index (χ4n) is 3.81. The molecule has 1 amide bonds. The maximum Gasteiger partial charge on any atom is 0.241 e. The molecule has 3 fully saturated rings. The van der Waals surface area contributed by atoms with Gasteiger partial charge in [0.05, 0.1) is 11.7 Å².